The molecule has 2 amide bonds. The Balaban J connectivity index is 1.78. The molecule has 3 heterocycles. The highest BCUT2D eigenvalue weighted by molar-refractivity contribution is 5.84. The van der Waals surface area contributed by atoms with Crippen LogP contribution in [-0.2, 0) is 23.2 Å². The summed E-state index contributed by atoms with van der Waals surface area (Å²) in [6.07, 6.45) is 7.66. The van der Waals surface area contributed by atoms with E-state index in [9.17, 15) is 9.59 Å². The molecule has 8 heteroatoms. The van der Waals surface area contributed by atoms with Crippen LogP contribution < -0.4 is 10.1 Å². The van der Waals surface area contributed by atoms with Gasteiger partial charge in [-0.15, -0.1) is 0 Å². The number of hydrogen-bond acceptors (Lipinski definition) is 5. The highest BCUT2D eigenvalue weighted by Gasteiger charge is 2.40. The average molecular weight is 357 g/mol. The molecule has 1 aliphatic heterocycles. The molecule has 3 rings (SSSR count). The summed E-state index contributed by atoms with van der Waals surface area (Å²) in [6, 6.07) is 1.37. The molecule has 1 N–H and O–H groups in total. The molecule has 1 saturated heterocycles. The molecule has 8 nitrogen and oxygen atoms in total. The maximum atomic E-state index is 12.9. The molecule has 26 heavy (non-hydrogen) atoms. The fourth-order valence-electron chi connectivity index (χ4n) is 3.39. The van der Waals surface area contributed by atoms with Gasteiger partial charge in [-0.3, -0.25) is 14.6 Å². The van der Waals surface area contributed by atoms with Crippen molar-refractivity contribution in [3.8, 4) is 5.75 Å². The fourth-order valence-corrected chi connectivity index (χ4v) is 3.39. The minimum absolute atomic E-state index is 0.0241. The van der Waals surface area contributed by atoms with Crippen LogP contribution in [0, 0.1) is 5.92 Å². The maximum absolute atomic E-state index is 12.9. The summed E-state index contributed by atoms with van der Waals surface area (Å²) in [6.45, 7) is 0.317. The van der Waals surface area contributed by atoms with Crippen LogP contribution in [0.25, 0.3) is 0 Å². The molecule has 0 unspecified atom stereocenters. The lowest BCUT2D eigenvalue weighted by Gasteiger charge is -2.37. The number of carbonyl (C=O) groups is 2. The van der Waals surface area contributed by atoms with Gasteiger partial charge >= 0.3 is 0 Å². The Labute approximate surface area is 152 Å². The number of likely N-dealkylation sites (tertiary alicyclic amines) is 1. The first-order valence-corrected chi connectivity index (χ1v) is 8.50. The zero-order chi connectivity index (χ0) is 18.7. The number of amides is 2. The van der Waals surface area contributed by atoms with Crippen molar-refractivity contribution in [3.05, 3.63) is 42.2 Å². The number of imidazole rings is 1. The van der Waals surface area contributed by atoms with Crippen molar-refractivity contribution in [2.45, 2.75) is 25.4 Å². The van der Waals surface area contributed by atoms with E-state index in [0.717, 1.165) is 5.56 Å². The third kappa shape index (κ3) is 3.40. The van der Waals surface area contributed by atoms with Gasteiger partial charge in [-0.2, -0.15) is 0 Å². The third-order valence-electron chi connectivity index (χ3n) is 4.85. The first-order chi connectivity index (χ1) is 12.5. The number of pyridine rings is 1. The number of rotatable bonds is 5. The van der Waals surface area contributed by atoms with Crippen molar-refractivity contribution in [3.63, 3.8) is 0 Å². The number of carbonyl (C=O) groups excluding carboxylic acids is 2. The van der Waals surface area contributed by atoms with Crippen LogP contribution in [-0.4, -0.2) is 45.4 Å². The van der Waals surface area contributed by atoms with E-state index >= 15 is 0 Å². The molecule has 1 fully saturated rings. The Morgan fingerprint density at radius 2 is 2.19 bits per heavy atom. The monoisotopic (exact) mass is 357 g/mol. The second-order valence-electron chi connectivity index (χ2n) is 6.40. The van der Waals surface area contributed by atoms with Crippen molar-refractivity contribution in [1.82, 2.24) is 24.8 Å². The highest BCUT2D eigenvalue weighted by Crippen LogP contribution is 2.35. The van der Waals surface area contributed by atoms with Crippen molar-refractivity contribution in [1.29, 1.82) is 0 Å². The summed E-state index contributed by atoms with van der Waals surface area (Å²) in [4.78, 5) is 35.1. The summed E-state index contributed by atoms with van der Waals surface area (Å²) in [5, 5.41) is 2.96. The fraction of sp³-hybridized carbons (Fsp3) is 0.444. The Morgan fingerprint density at radius 1 is 1.38 bits per heavy atom. The summed E-state index contributed by atoms with van der Waals surface area (Å²) >= 11 is 0. The predicted octanol–water partition coefficient (Wildman–Crippen LogP) is 1.05. The Morgan fingerprint density at radius 3 is 2.88 bits per heavy atom. The van der Waals surface area contributed by atoms with Crippen molar-refractivity contribution in [2.24, 2.45) is 13.0 Å². The molecule has 138 valence electrons. The number of ether oxygens (including phenoxy) is 1. The molecule has 1 aliphatic rings. The lowest BCUT2D eigenvalue weighted by atomic mass is 9.87. The smallest absolute Gasteiger partial charge is 0.225 e. The van der Waals surface area contributed by atoms with Crippen LogP contribution in [0.1, 0.15) is 30.3 Å². The highest BCUT2D eigenvalue weighted by atomic mass is 16.5. The van der Waals surface area contributed by atoms with Gasteiger partial charge in [0.25, 0.3) is 0 Å². The molecule has 0 saturated carbocycles. The normalized spacial score (nSPS) is 20.1. The van der Waals surface area contributed by atoms with Gasteiger partial charge in [0.05, 0.1) is 13.0 Å². The number of aryl methyl sites for hydroxylation is 1. The summed E-state index contributed by atoms with van der Waals surface area (Å²) in [7, 11) is 5.18. The van der Waals surface area contributed by atoms with Crippen LogP contribution in [0.2, 0.25) is 0 Å². The van der Waals surface area contributed by atoms with Gasteiger partial charge in [-0.05, 0) is 12.5 Å². The van der Waals surface area contributed by atoms with Crippen LogP contribution in [0.5, 0.6) is 5.75 Å². The largest absolute Gasteiger partial charge is 0.496 e. The predicted molar refractivity (Wildman–Crippen MR) is 94.1 cm³/mol. The van der Waals surface area contributed by atoms with E-state index in [2.05, 4.69) is 15.3 Å². The van der Waals surface area contributed by atoms with Crippen molar-refractivity contribution < 1.29 is 14.3 Å². The lowest BCUT2D eigenvalue weighted by molar-refractivity contribution is -0.142. The van der Waals surface area contributed by atoms with Gasteiger partial charge < -0.3 is 19.5 Å². The number of methoxy groups -OCH3 is 1. The van der Waals surface area contributed by atoms with E-state index in [1.165, 1.54) is 0 Å². The van der Waals surface area contributed by atoms with Gasteiger partial charge in [0.1, 0.15) is 17.6 Å². The third-order valence-corrected chi connectivity index (χ3v) is 4.85. The number of nitrogens with one attached hydrogen (secondary N) is 1. The standard InChI is InChI=1S/C18H23N5O3/c1-22-9-8-20-17(22)16-13(4-5-15(24)23(16)2)18(25)21-11-12-10-19-7-6-14(12)26-3/h6-10,13,16H,4-5,11H2,1-3H3,(H,21,25)/t13-,16-/m0/s1. The minimum Gasteiger partial charge on any atom is -0.496 e. The van der Waals surface area contributed by atoms with Crippen LogP contribution >= 0.6 is 0 Å². The number of hydrogen-bond donors (Lipinski definition) is 1. The molecule has 0 spiro atoms. The molecule has 2 aromatic heterocycles. The molecular formula is C18H23N5O3. The first-order valence-electron chi connectivity index (χ1n) is 8.50. The number of piperidine rings is 1. The van der Waals surface area contributed by atoms with Crippen LogP contribution in [0.15, 0.2) is 30.9 Å². The van der Waals surface area contributed by atoms with Gasteiger partial charge in [0.15, 0.2) is 0 Å². The average Bonchev–Trinajstić information content (AvgIpc) is 3.07. The second-order valence-corrected chi connectivity index (χ2v) is 6.40. The van der Waals surface area contributed by atoms with Gasteiger partial charge in [0, 0.05) is 57.4 Å². The summed E-state index contributed by atoms with van der Waals surface area (Å²) in [5.74, 6) is 0.942. The van der Waals surface area contributed by atoms with E-state index in [1.54, 1.807) is 43.7 Å². The number of nitrogens with zero attached hydrogens (tertiary/aromatic N) is 4. The molecule has 0 aliphatic carbocycles. The Hall–Kier alpha value is -2.90. The molecule has 0 radical (unpaired) electrons. The zero-order valence-corrected chi connectivity index (χ0v) is 15.2. The van der Waals surface area contributed by atoms with Crippen LogP contribution in [0.4, 0.5) is 0 Å². The number of aromatic nitrogens is 3. The van der Waals surface area contributed by atoms with Crippen molar-refractivity contribution in [2.75, 3.05) is 14.2 Å². The lowest BCUT2D eigenvalue weighted by Crippen LogP contribution is -2.47. The SMILES string of the molecule is COc1ccncc1CNC(=O)[C@H]1CCC(=O)N(C)[C@@H]1c1nccn1C. The topological polar surface area (TPSA) is 89.3 Å². The molecule has 2 atom stereocenters. The second kappa shape index (κ2) is 7.55. The molecular weight excluding hydrogens is 334 g/mol. The molecule has 0 aromatic carbocycles. The molecule has 0 bridgehead atoms. The van der Waals surface area contributed by atoms with Crippen molar-refractivity contribution >= 4 is 11.8 Å². The van der Waals surface area contributed by atoms with E-state index in [0.29, 0.717) is 31.0 Å². The van der Waals surface area contributed by atoms with Gasteiger partial charge in [-0.25, -0.2) is 4.98 Å². The maximum Gasteiger partial charge on any atom is 0.225 e. The zero-order valence-electron chi connectivity index (χ0n) is 15.2. The molecule has 2 aromatic rings. The van der Waals surface area contributed by atoms with Gasteiger partial charge in [0.2, 0.25) is 11.8 Å². The van der Waals surface area contributed by atoms with E-state index in [4.69, 9.17) is 4.74 Å². The quantitative estimate of drug-likeness (QED) is 0.864. The van der Waals surface area contributed by atoms with E-state index in [-0.39, 0.29) is 23.8 Å². The van der Waals surface area contributed by atoms with Crippen LogP contribution in [0.3, 0.4) is 0 Å². The Bertz CT molecular complexity index is 804. The summed E-state index contributed by atoms with van der Waals surface area (Å²) in [5.41, 5.74) is 0.803. The minimum atomic E-state index is -0.382. The first kappa shape index (κ1) is 17.9. The van der Waals surface area contributed by atoms with E-state index < -0.39 is 0 Å². The van der Waals surface area contributed by atoms with Gasteiger partial charge in [-0.1, -0.05) is 0 Å². The van der Waals surface area contributed by atoms with E-state index in [1.807, 2.05) is 17.8 Å². The summed E-state index contributed by atoms with van der Waals surface area (Å²) < 4.78 is 7.14. The Kier molecular flexibility index (Phi) is 5.20.